The van der Waals surface area contributed by atoms with Crippen molar-refractivity contribution < 1.29 is 14.0 Å². The van der Waals surface area contributed by atoms with Crippen molar-refractivity contribution in [1.82, 2.24) is 10.6 Å². The zero-order chi connectivity index (χ0) is 20.6. The van der Waals surface area contributed by atoms with Crippen molar-refractivity contribution in [3.63, 3.8) is 0 Å². The van der Waals surface area contributed by atoms with E-state index in [0.29, 0.717) is 34.5 Å². The number of nitrogens with one attached hydrogen (secondary N) is 2. The van der Waals surface area contributed by atoms with Crippen LogP contribution in [0.2, 0.25) is 10.0 Å². The van der Waals surface area contributed by atoms with E-state index in [1.807, 2.05) is 24.3 Å². The van der Waals surface area contributed by atoms with Crippen molar-refractivity contribution in [2.24, 2.45) is 0 Å². The summed E-state index contributed by atoms with van der Waals surface area (Å²) < 4.78 is 5.01. The fourth-order valence-corrected chi connectivity index (χ4v) is 3.94. The average molecular weight is 449 g/mol. The Bertz CT molecular complexity index is 993. The minimum atomic E-state index is -0.317. The van der Waals surface area contributed by atoms with Crippen LogP contribution in [0.4, 0.5) is 0 Å². The lowest BCUT2D eigenvalue weighted by Crippen LogP contribution is -2.34. The number of carbonyl (C=O) groups is 2. The minimum absolute atomic E-state index is 0.204. The molecule has 2 aromatic carbocycles. The predicted molar refractivity (Wildman–Crippen MR) is 116 cm³/mol. The lowest BCUT2D eigenvalue weighted by atomic mass is 10.1. The SMILES string of the molecule is O=C(NCCNC(=O)c1ccco1)c1cccc(CSc2cc(Cl)ccc2Cl)c1. The van der Waals surface area contributed by atoms with Crippen molar-refractivity contribution in [2.45, 2.75) is 10.6 Å². The number of hydrogen-bond donors (Lipinski definition) is 2. The number of carbonyl (C=O) groups excluding carboxylic acids is 2. The largest absolute Gasteiger partial charge is 0.459 e. The second kappa shape index (κ2) is 10.4. The van der Waals surface area contributed by atoms with Gasteiger partial charge in [-0.25, -0.2) is 0 Å². The molecule has 2 amide bonds. The van der Waals surface area contributed by atoms with Gasteiger partial charge in [0.1, 0.15) is 0 Å². The van der Waals surface area contributed by atoms with E-state index < -0.39 is 0 Å². The molecule has 0 saturated heterocycles. The Morgan fingerprint density at radius 3 is 2.48 bits per heavy atom. The van der Waals surface area contributed by atoms with Crippen LogP contribution in [0.1, 0.15) is 26.5 Å². The lowest BCUT2D eigenvalue weighted by molar-refractivity contribution is 0.0910. The van der Waals surface area contributed by atoms with E-state index >= 15 is 0 Å². The summed E-state index contributed by atoms with van der Waals surface area (Å²) in [6, 6.07) is 15.9. The molecule has 0 unspecified atom stereocenters. The molecule has 0 bridgehead atoms. The number of rotatable bonds is 8. The number of amides is 2. The molecule has 0 atom stereocenters. The van der Waals surface area contributed by atoms with Crippen LogP contribution >= 0.6 is 35.0 Å². The van der Waals surface area contributed by atoms with Gasteiger partial charge in [-0.1, -0.05) is 35.3 Å². The zero-order valence-electron chi connectivity index (χ0n) is 15.3. The summed E-state index contributed by atoms with van der Waals surface area (Å²) in [7, 11) is 0. The highest BCUT2D eigenvalue weighted by molar-refractivity contribution is 7.98. The van der Waals surface area contributed by atoms with Crippen LogP contribution in [-0.4, -0.2) is 24.9 Å². The highest BCUT2D eigenvalue weighted by Crippen LogP contribution is 2.32. The topological polar surface area (TPSA) is 71.3 Å². The summed E-state index contributed by atoms with van der Waals surface area (Å²) >= 11 is 13.8. The standard InChI is InChI=1S/C21H18Cl2N2O3S/c22-16-6-7-17(23)19(12-16)29-13-14-3-1-4-15(11-14)20(26)24-8-9-25-21(27)18-5-2-10-28-18/h1-7,10-12H,8-9,13H2,(H,24,26)(H,25,27). The first-order valence-electron chi connectivity index (χ1n) is 8.79. The van der Waals surface area contributed by atoms with Crippen molar-refractivity contribution in [2.75, 3.05) is 13.1 Å². The average Bonchev–Trinajstić information content (AvgIpc) is 3.27. The third-order valence-electron chi connectivity index (χ3n) is 3.92. The van der Waals surface area contributed by atoms with Gasteiger partial charge in [0, 0.05) is 34.3 Å². The van der Waals surface area contributed by atoms with Gasteiger partial charge in [-0.2, -0.15) is 0 Å². The molecule has 8 heteroatoms. The molecule has 3 aromatic rings. The molecule has 0 saturated carbocycles. The van der Waals surface area contributed by atoms with Gasteiger partial charge in [0.25, 0.3) is 11.8 Å². The second-order valence-corrected chi connectivity index (χ2v) is 7.91. The third kappa shape index (κ3) is 6.29. The van der Waals surface area contributed by atoms with E-state index in [1.165, 1.54) is 6.26 Å². The molecule has 1 heterocycles. The number of thioether (sulfide) groups is 1. The number of hydrogen-bond acceptors (Lipinski definition) is 4. The van der Waals surface area contributed by atoms with E-state index in [9.17, 15) is 9.59 Å². The van der Waals surface area contributed by atoms with Gasteiger partial charge < -0.3 is 15.1 Å². The summed E-state index contributed by atoms with van der Waals surface area (Å²) in [6.07, 6.45) is 1.43. The van der Waals surface area contributed by atoms with Crippen LogP contribution in [0, 0.1) is 0 Å². The summed E-state index contributed by atoms with van der Waals surface area (Å²) in [5.41, 5.74) is 1.54. The van der Waals surface area contributed by atoms with Crippen LogP contribution < -0.4 is 10.6 Å². The molecule has 2 N–H and O–H groups in total. The van der Waals surface area contributed by atoms with Crippen LogP contribution in [-0.2, 0) is 5.75 Å². The first-order chi connectivity index (χ1) is 14.0. The molecule has 5 nitrogen and oxygen atoms in total. The van der Waals surface area contributed by atoms with Crippen molar-refractivity contribution in [1.29, 1.82) is 0 Å². The van der Waals surface area contributed by atoms with Gasteiger partial charge in [-0.05, 0) is 48.0 Å². The van der Waals surface area contributed by atoms with Gasteiger partial charge >= 0.3 is 0 Å². The molecule has 0 fully saturated rings. The van der Waals surface area contributed by atoms with Crippen LogP contribution in [0.5, 0.6) is 0 Å². The highest BCUT2D eigenvalue weighted by atomic mass is 35.5. The molecular formula is C21H18Cl2N2O3S. The van der Waals surface area contributed by atoms with Gasteiger partial charge in [-0.3, -0.25) is 9.59 Å². The monoisotopic (exact) mass is 448 g/mol. The smallest absolute Gasteiger partial charge is 0.287 e. The molecular weight excluding hydrogens is 431 g/mol. The molecule has 150 valence electrons. The quantitative estimate of drug-likeness (QED) is 0.374. The molecule has 0 spiro atoms. The summed E-state index contributed by atoms with van der Waals surface area (Å²) in [6.45, 7) is 0.608. The Kier molecular flexibility index (Phi) is 7.63. The first kappa shape index (κ1) is 21.3. The van der Waals surface area contributed by atoms with Crippen molar-refractivity contribution in [3.8, 4) is 0 Å². The Labute approximate surface area is 182 Å². The number of furan rings is 1. The molecule has 0 aliphatic heterocycles. The van der Waals surface area contributed by atoms with E-state index in [2.05, 4.69) is 10.6 Å². The molecule has 0 aliphatic rings. The van der Waals surface area contributed by atoms with E-state index in [4.69, 9.17) is 27.6 Å². The van der Waals surface area contributed by atoms with Gasteiger partial charge in [-0.15, -0.1) is 11.8 Å². The van der Waals surface area contributed by atoms with E-state index in [-0.39, 0.29) is 17.6 Å². The fraction of sp³-hybridized carbons (Fsp3) is 0.143. The minimum Gasteiger partial charge on any atom is -0.459 e. The molecule has 0 radical (unpaired) electrons. The maximum absolute atomic E-state index is 12.4. The van der Waals surface area contributed by atoms with Crippen molar-refractivity contribution in [3.05, 3.63) is 87.8 Å². The normalized spacial score (nSPS) is 10.6. The molecule has 3 rings (SSSR count). The Hall–Kier alpha value is -2.41. The lowest BCUT2D eigenvalue weighted by Gasteiger charge is -2.08. The van der Waals surface area contributed by atoms with Crippen molar-refractivity contribution >= 4 is 46.8 Å². The number of halogens is 2. The second-order valence-electron chi connectivity index (χ2n) is 6.05. The van der Waals surface area contributed by atoms with Crippen LogP contribution in [0.25, 0.3) is 0 Å². The third-order valence-corrected chi connectivity index (χ3v) is 5.72. The Balaban J connectivity index is 1.48. The zero-order valence-corrected chi connectivity index (χ0v) is 17.6. The van der Waals surface area contributed by atoms with Gasteiger partial charge in [0.05, 0.1) is 11.3 Å². The summed E-state index contributed by atoms with van der Waals surface area (Å²) in [5, 5.41) is 6.74. The highest BCUT2D eigenvalue weighted by Gasteiger charge is 2.09. The fourth-order valence-electron chi connectivity index (χ4n) is 2.50. The maximum atomic E-state index is 12.4. The summed E-state index contributed by atoms with van der Waals surface area (Å²) in [4.78, 5) is 25.0. The van der Waals surface area contributed by atoms with E-state index in [1.54, 1.807) is 42.1 Å². The van der Waals surface area contributed by atoms with Crippen LogP contribution in [0.15, 0.2) is 70.2 Å². The van der Waals surface area contributed by atoms with Gasteiger partial charge in [0.15, 0.2) is 5.76 Å². The van der Waals surface area contributed by atoms with Gasteiger partial charge in [0.2, 0.25) is 0 Å². The Morgan fingerprint density at radius 2 is 1.72 bits per heavy atom. The summed E-state index contributed by atoms with van der Waals surface area (Å²) in [5.74, 6) is 0.370. The number of benzene rings is 2. The van der Waals surface area contributed by atoms with E-state index in [0.717, 1.165) is 10.5 Å². The predicted octanol–water partition coefficient (Wildman–Crippen LogP) is 5.04. The maximum Gasteiger partial charge on any atom is 0.287 e. The molecule has 1 aromatic heterocycles. The Morgan fingerprint density at radius 1 is 0.931 bits per heavy atom. The molecule has 0 aliphatic carbocycles. The first-order valence-corrected chi connectivity index (χ1v) is 10.5. The van der Waals surface area contributed by atoms with Crippen LogP contribution in [0.3, 0.4) is 0 Å². The molecule has 29 heavy (non-hydrogen) atoms.